The summed E-state index contributed by atoms with van der Waals surface area (Å²) in [6, 6.07) is 19.4. The van der Waals surface area contributed by atoms with Gasteiger partial charge < -0.3 is 4.98 Å². The molecule has 0 saturated carbocycles. The summed E-state index contributed by atoms with van der Waals surface area (Å²) < 4.78 is 1.71. The van der Waals surface area contributed by atoms with Gasteiger partial charge in [-0.2, -0.15) is 10.1 Å². The molecule has 23 heavy (non-hydrogen) atoms. The Morgan fingerprint density at radius 3 is 2.30 bits per heavy atom. The van der Waals surface area contributed by atoms with Gasteiger partial charge in [-0.15, -0.1) is 0 Å². The second-order valence-corrected chi connectivity index (χ2v) is 5.31. The maximum atomic E-state index is 12.1. The van der Waals surface area contributed by atoms with Gasteiger partial charge in [0.05, 0.1) is 22.5 Å². The molecule has 0 amide bonds. The molecule has 2 aromatic carbocycles. The Bertz CT molecular complexity index is 1030. The minimum Gasteiger partial charge on any atom is -0.305 e. The van der Waals surface area contributed by atoms with Crippen molar-refractivity contribution in [1.29, 1.82) is 0 Å². The summed E-state index contributed by atoms with van der Waals surface area (Å²) >= 11 is 0. The molecule has 0 saturated heterocycles. The van der Waals surface area contributed by atoms with Crippen LogP contribution >= 0.6 is 0 Å². The number of nitrogens with one attached hydrogen (secondary N) is 1. The van der Waals surface area contributed by atoms with Crippen LogP contribution in [-0.4, -0.2) is 19.7 Å². The Balaban J connectivity index is 2.08. The quantitative estimate of drug-likeness (QED) is 0.619. The first kappa shape index (κ1) is 13.5. The van der Waals surface area contributed by atoms with Crippen molar-refractivity contribution >= 4 is 11.0 Å². The van der Waals surface area contributed by atoms with Gasteiger partial charge >= 0.3 is 5.69 Å². The third kappa shape index (κ3) is 2.23. The molecule has 1 N–H and O–H groups in total. The lowest BCUT2D eigenvalue weighted by Crippen LogP contribution is -2.13. The van der Waals surface area contributed by atoms with E-state index < -0.39 is 0 Å². The number of rotatable bonds is 2. The number of hydrogen-bond acceptors (Lipinski definition) is 3. The Hall–Kier alpha value is -3.21. The molecule has 0 aliphatic rings. The number of aromatic nitrogens is 4. The largest absolute Gasteiger partial charge is 0.347 e. The van der Waals surface area contributed by atoms with Crippen LogP contribution in [0.5, 0.6) is 0 Å². The zero-order valence-electron chi connectivity index (χ0n) is 12.5. The normalized spacial score (nSPS) is 11.0. The van der Waals surface area contributed by atoms with Crippen LogP contribution in [0.4, 0.5) is 0 Å². The maximum Gasteiger partial charge on any atom is 0.347 e. The molecule has 0 spiro atoms. The van der Waals surface area contributed by atoms with Crippen LogP contribution in [-0.2, 0) is 0 Å². The van der Waals surface area contributed by atoms with Crippen molar-refractivity contribution in [3.8, 4) is 16.9 Å². The van der Waals surface area contributed by atoms with E-state index in [9.17, 15) is 4.79 Å². The van der Waals surface area contributed by atoms with Crippen LogP contribution in [0, 0.1) is 6.92 Å². The maximum absolute atomic E-state index is 12.1. The third-order valence-electron chi connectivity index (χ3n) is 3.79. The summed E-state index contributed by atoms with van der Waals surface area (Å²) in [6.07, 6.45) is 0. The Labute approximate surface area is 132 Å². The molecule has 5 nitrogen and oxygen atoms in total. The predicted molar refractivity (Wildman–Crippen MR) is 89.7 cm³/mol. The van der Waals surface area contributed by atoms with Crippen molar-refractivity contribution in [2.75, 3.05) is 0 Å². The average molecular weight is 302 g/mol. The number of benzene rings is 2. The van der Waals surface area contributed by atoms with Crippen LogP contribution < -0.4 is 5.69 Å². The van der Waals surface area contributed by atoms with E-state index in [1.54, 1.807) is 4.68 Å². The highest BCUT2D eigenvalue weighted by atomic mass is 16.1. The summed E-state index contributed by atoms with van der Waals surface area (Å²) in [5.74, 6) is 0. The first-order chi connectivity index (χ1) is 11.2. The van der Waals surface area contributed by atoms with Crippen molar-refractivity contribution in [3.05, 3.63) is 76.8 Å². The summed E-state index contributed by atoms with van der Waals surface area (Å²) in [4.78, 5) is 19.1. The lowest BCUT2D eigenvalue weighted by molar-refractivity contribution is 0.873. The number of H-pyrrole nitrogens is 1. The highest BCUT2D eigenvalue weighted by molar-refractivity contribution is 5.93. The average Bonchev–Trinajstić information content (AvgIpc) is 2.92. The number of para-hydroxylation sites is 1. The van der Waals surface area contributed by atoms with Crippen LogP contribution in [0.3, 0.4) is 0 Å². The summed E-state index contributed by atoms with van der Waals surface area (Å²) in [5.41, 5.74) is 3.58. The van der Waals surface area contributed by atoms with Crippen molar-refractivity contribution in [1.82, 2.24) is 19.7 Å². The van der Waals surface area contributed by atoms with Gasteiger partial charge in [-0.05, 0) is 24.6 Å². The SMILES string of the molecule is Cc1nn(-c2ccccc2)c2nc(=O)[nH]c(-c3ccccc3)c12. The molecule has 5 heteroatoms. The van der Waals surface area contributed by atoms with Crippen molar-refractivity contribution in [2.45, 2.75) is 6.92 Å². The van der Waals surface area contributed by atoms with E-state index in [2.05, 4.69) is 15.1 Å². The van der Waals surface area contributed by atoms with Crippen molar-refractivity contribution in [2.24, 2.45) is 0 Å². The van der Waals surface area contributed by atoms with E-state index in [1.165, 1.54) is 0 Å². The number of aryl methyl sites for hydroxylation is 1. The van der Waals surface area contributed by atoms with E-state index >= 15 is 0 Å². The fourth-order valence-electron chi connectivity index (χ4n) is 2.78. The molecule has 2 aromatic heterocycles. The Morgan fingerprint density at radius 2 is 1.61 bits per heavy atom. The monoisotopic (exact) mass is 302 g/mol. The van der Waals surface area contributed by atoms with E-state index in [0.29, 0.717) is 5.65 Å². The van der Waals surface area contributed by atoms with E-state index in [4.69, 9.17) is 0 Å². The van der Waals surface area contributed by atoms with Gasteiger partial charge in [0.1, 0.15) is 0 Å². The van der Waals surface area contributed by atoms with Gasteiger partial charge in [0.25, 0.3) is 0 Å². The van der Waals surface area contributed by atoms with E-state index in [-0.39, 0.29) is 5.69 Å². The molecule has 112 valence electrons. The molecule has 0 aliphatic heterocycles. The fourth-order valence-corrected chi connectivity index (χ4v) is 2.78. The third-order valence-corrected chi connectivity index (χ3v) is 3.79. The highest BCUT2D eigenvalue weighted by Crippen LogP contribution is 2.28. The molecule has 0 unspecified atom stereocenters. The first-order valence-electron chi connectivity index (χ1n) is 7.34. The standard InChI is InChI=1S/C18H14N4O/c1-12-15-16(13-8-4-2-5-9-13)19-18(23)20-17(15)22(21-12)14-10-6-3-7-11-14/h2-11H,1H3,(H,19,20,23). The van der Waals surface area contributed by atoms with Gasteiger partial charge in [0, 0.05) is 0 Å². The molecular formula is C18H14N4O. The number of hydrogen-bond donors (Lipinski definition) is 1. The minimum atomic E-state index is -0.381. The van der Waals surface area contributed by atoms with Crippen molar-refractivity contribution < 1.29 is 0 Å². The van der Waals surface area contributed by atoms with Gasteiger partial charge in [0.15, 0.2) is 5.65 Å². The van der Waals surface area contributed by atoms with Gasteiger partial charge in [0.2, 0.25) is 0 Å². The van der Waals surface area contributed by atoms with Gasteiger partial charge in [-0.25, -0.2) is 9.48 Å². The lowest BCUT2D eigenvalue weighted by Gasteiger charge is -2.05. The molecular weight excluding hydrogens is 288 g/mol. The zero-order valence-corrected chi connectivity index (χ0v) is 12.5. The molecule has 4 aromatic rings. The highest BCUT2D eigenvalue weighted by Gasteiger charge is 2.16. The summed E-state index contributed by atoms with van der Waals surface area (Å²) in [6.45, 7) is 1.92. The fraction of sp³-hybridized carbons (Fsp3) is 0.0556. The lowest BCUT2D eigenvalue weighted by atomic mass is 10.1. The Morgan fingerprint density at radius 1 is 0.957 bits per heavy atom. The molecule has 0 radical (unpaired) electrons. The summed E-state index contributed by atoms with van der Waals surface area (Å²) in [5, 5.41) is 5.44. The van der Waals surface area contributed by atoms with E-state index in [1.807, 2.05) is 67.6 Å². The van der Waals surface area contributed by atoms with Crippen molar-refractivity contribution in [3.63, 3.8) is 0 Å². The molecule has 2 heterocycles. The molecule has 0 aliphatic carbocycles. The predicted octanol–water partition coefficient (Wildman–Crippen LogP) is 3.08. The van der Waals surface area contributed by atoms with Gasteiger partial charge in [-0.3, -0.25) is 0 Å². The molecule has 0 atom stereocenters. The topological polar surface area (TPSA) is 63.6 Å². The minimum absolute atomic E-state index is 0.381. The second-order valence-electron chi connectivity index (χ2n) is 5.31. The first-order valence-corrected chi connectivity index (χ1v) is 7.34. The second kappa shape index (κ2) is 5.21. The number of nitrogens with zero attached hydrogens (tertiary/aromatic N) is 3. The van der Waals surface area contributed by atoms with Crippen LogP contribution in [0.25, 0.3) is 28.0 Å². The molecule has 0 bridgehead atoms. The van der Waals surface area contributed by atoms with Crippen LogP contribution in [0.15, 0.2) is 65.5 Å². The van der Waals surface area contributed by atoms with Crippen LogP contribution in [0.2, 0.25) is 0 Å². The number of aromatic amines is 1. The molecule has 4 rings (SSSR count). The van der Waals surface area contributed by atoms with E-state index in [0.717, 1.165) is 28.0 Å². The zero-order chi connectivity index (χ0) is 15.8. The molecule has 0 fully saturated rings. The smallest absolute Gasteiger partial charge is 0.305 e. The summed E-state index contributed by atoms with van der Waals surface area (Å²) in [7, 11) is 0. The van der Waals surface area contributed by atoms with Crippen LogP contribution in [0.1, 0.15) is 5.69 Å². The number of fused-ring (bicyclic) bond motifs is 1. The van der Waals surface area contributed by atoms with Gasteiger partial charge in [-0.1, -0.05) is 48.5 Å². The Kier molecular flexibility index (Phi) is 3.05.